The highest BCUT2D eigenvalue weighted by atomic mass is 19.1. The molecule has 0 saturated heterocycles. The second kappa shape index (κ2) is 6.72. The van der Waals surface area contributed by atoms with Gasteiger partial charge < -0.3 is 20.0 Å². The molecular formula is C18H15FN6O3. The van der Waals surface area contributed by atoms with Crippen molar-refractivity contribution in [3.8, 4) is 11.3 Å². The highest BCUT2D eigenvalue weighted by Crippen LogP contribution is 2.31. The minimum Gasteiger partial charge on any atom is -0.480 e. The Balaban J connectivity index is 1.72. The van der Waals surface area contributed by atoms with E-state index >= 15 is 0 Å². The fourth-order valence-electron chi connectivity index (χ4n) is 3.02. The minimum atomic E-state index is -1.12. The molecule has 4 rings (SSSR count). The molecule has 0 aromatic carbocycles. The van der Waals surface area contributed by atoms with Gasteiger partial charge in [-0.15, -0.1) is 0 Å². The quantitative estimate of drug-likeness (QED) is 0.482. The van der Waals surface area contributed by atoms with Crippen molar-refractivity contribution < 1.29 is 19.1 Å². The predicted molar refractivity (Wildman–Crippen MR) is 97.8 cm³/mol. The van der Waals surface area contributed by atoms with Crippen LogP contribution in [0.2, 0.25) is 0 Å². The third-order valence-electron chi connectivity index (χ3n) is 4.37. The summed E-state index contributed by atoms with van der Waals surface area (Å²) in [6, 6.07) is 2.14. The van der Waals surface area contributed by atoms with Gasteiger partial charge in [0.2, 0.25) is 5.91 Å². The van der Waals surface area contributed by atoms with Crippen LogP contribution in [-0.2, 0) is 16.1 Å². The number of carbonyl (C=O) groups is 2. The Kier molecular flexibility index (Phi) is 4.22. The van der Waals surface area contributed by atoms with E-state index in [2.05, 4.69) is 25.3 Å². The third-order valence-corrected chi connectivity index (χ3v) is 4.37. The number of aromatic nitrogens is 5. The second-order valence-electron chi connectivity index (χ2n) is 6.28. The molecule has 0 radical (unpaired) electrons. The van der Waals surface area contributed by atoms with E-state index in [9.17, 15) is 14.0 Å². The minimum absolute atomic E-state index is 0.0956. The fraction of sp³-hybridized carbons (Fsp3) is 0.167. The van der Waals surface area contributed by atoms with Gasteiger partial charge in [0.05, 0.1) is 11.9 Å². The number of aliphatic carboxylic acids is 1. The molecule has 0 fully saturated rings. The molecule has 0 aliphatic rings. The molecule has 9 nitrogen and oxygen atoms in total. The molecule has 0 spiro atoms. The first-order valence-corrected chi connectivity index (χ1v) is 8.39. The summed E-state index contributed by atoms with van der Waals surface area (Å²) in [5, 5.41) is 12.6. The molecule has 1 amide bonds. The number of pyridine rings is 1. The summed E-state index contributed by atoms with van der Waals surface area (Å²) in [5.74, 6) is -2.03. The number of rotatable bonds is 5. The molecule has 4 aromatic heterocycles. The lowest BCUT2D eigenvalue weighted by Gasteiger charge is -2.10. The van der Waals surface area contributed by atoms with Gasteiger partial charge >= 0.3 is 5.97 Å². The van der Waals surface area contributed by atoms with Crippen LogP contribution in [0, 0.1) is 5.82 Å². The van der Waals surface area contributed by atoms with Gasteiger partial charge in [-0.3, -0.25) is 9.59 Å². The van der Waals surface area contributed by atoms with Crippen molar-refractivity contribution >= 4 is 33.9 Å². The number of amides is 1. The largest absolute Gasteiger partial charge is 0.480 e. The molecule has 28 heavy (non-hydrogen) atoms. The molecule has 1 atom stereocenters. The monoisotopic (exact) mass is 382 g/mol. The Hall–Kier alpha value is -3.82. The van der Waals surface area contributed by atoms with Gasteiger partial charge in [-0.05, 0) is 19.1 Å². The lowest BCUT2D eigenvalue weighted by Crippen LogP contribution is -2.40. The van der Waals surface area contributed by atoms with E-state index < -0.39 is 23.7 Å². The molecule has 4 heterocycles. The van der Waals surface area contributed by atoms with Crippen molar-refractivity contribution in [2.24, 2.45) is 0 Å². The summed E-state index contributed by atoms with van der Waals surface area (Å²) in [6.45, 7) is 1.29. The van der Waals surface area contributed by atoms with Gasteiger partial charge in [0.15, 0.2) is 0 Å². The number of carboxylic acid groups (broad SMARTS) is 1. The Morgan fingerprint density at radius 1 is 1.32 bits per heavy atom. The van der Waals surface area contributed by atoms with E-state index in [1.807, 2.05) is 0 Å². The van der Waals surface area contributed by atoms with E-state index in [1.54, 1.807) is 23.0 Å². The molecule has 0 aliphatic carbocycles. The van der Waals surface area contributed by atoms with Gasteiger partial charge in [0.1, 0.15) is 36.0 Å². The van der Waals surface area contributed by atoms with Crippen LogP contribution in [0.25, 0.3) is 33.3 Å². The summed E-state index contributed by atoms with van der Waals surface area (Å²) in [6.07, 6.45) is 5.85. The van der Waals surface area contributed by atoms with E-state index in [0.29, 0.717) is 33.3 Å². The summed E-state index contributed by atoms with van der Waals surface area (Å²) >= 11 is 0. The number of hydrogen-bond donors (Lipinski definition) is 3. The maximum absolute atomic E-state index is 13.6. The van der Waals surface area contributed by atoms with Crippen LogP contribution in [0.4, 0.5) is 4.39 Å². The highest BCUT2D eigenvalue weighted by molar-refractivity contribution is 6.01. The molecule has 142 valence electrons. The summed E-state index contributed by atoms with van der Waals surface area (Å²) in [4.78, 5) is 38.5. The number of nitrogens with one attached hydrogen (secondary N) is 2. The SMILES string of the molecule is C[C@H](NC(=O)Cn1ccc2c(-c3c[nH]c4ncc(F)cc34)ncnc21)C(=O)O. The first kappa shape index (κ1) is 17.6. The van der Waals surface area contributed by atoms with Crippen LogP contribution < -0.4 is 5.32 Å². The zero-order valence-corrected chi connectivity index (χ0v) is 14.7. The van der Waals surface area contributed by atoms with Crippen LogP contribution in [0.3, 0.4) is 0 Å². The number of carboxylic acids is 1. The Bertz CT molecular complexity index is 1210. The summed E-state index contributed by atoms with van der Waals surface area (Å²) in [7, 11) is 0. The molecule has 0 unspecified atom stereocenters. The zero-order chi connectivity index (χ0) is 19.8. The molecule has 0 saturated carbocycles. The van der Waals surface area contributed by atoms with Gasteiger partial charge in [-0.1, -0.05) is 0 Å². The average Bonchev–Trinajstić information content (AvgIpc) is 3.25. The topological polar surface area (TPSA) is 126 Å². The van der Waals surface area contributed by atoms with Crippen molar-refractivity contribution in [1.82, 2.24) is 29.8 Å². The third kappa shape index (κ3) is 3.04. The lowest BCUT2D eigenvalue weighted by atomic mass is 10.1. The van der Waals surface area contributed by atoms with Crippen molar-refractivity contribution in [1.29, 1.82) is 0 Å². The van der Waals surface area contributed by atoms with E-state index in [1.165, 1.54) is 19.3 Å². The molecule has 3 N–H and O–H groups in total. The van der Waals surface area contributed by atoms with E-state index in [0.717, 1.165) is 6.20 Å². The van der Waals surface area contributed by atoms with Crippen LogP contribution in [-0.4, -0.2) is 47.5 Å². The summed E-state index contributed by atoms with van der Waals surface area (Å²) in [5.41, 5.74) is 2.27. The van der Waals surface area contributed by atoms with Crippen LogP contribution in [0.1, 0.15) is 6.92 Å². The maximum Gasteiger partial charge on any atom is 0.325 e. The molecule has 0 bridgehead atoms. The fourth-order valence-corrected chi connectivity index (χ4v) is 3.02. The summed E-state index contributed by atoms with van der Waals surface area (Å²) < 4.78 is 15.2. The second-order valence-corrected chi connectivity index (χ2v) is 6.28. The number of nitrogens with zero attached hydrogens (tertiary/aromatic N) is 4. The van der Waals surface area contributed by atoms with E-state index in [4.69, 9.17) is 5.11 Å². The Morgan fingerprint density at radius 2 is 2.14 bits per heavy atom. The van der Waals surface area contributed by atoms with Gasteiger partial charge in [0.25, 0.3) is 0 Å². The number of H-pyrrole nitrogens is 1. The predicted octanol–water partition coefficient (Wildman–Crippen LogP) is 1.70. The van der Waals surface area contributed by atoms with Crippen molar-refractivity contribution in [3.63, 3.8) is 0 Å². The Morgan fingerprint density at radius 3 is 2.93 bits per heavy atom. The number of fused-ring (bicyclic) bond motifs is 2. The van der Waals surface area contributed by atoms with Crippen LogP contribution in [0.15, 0.2) is 37.1 Å². The Labute approximate surface area is 157 Å². The van der Waals surface area contributed by atoms with Gasteiger partial charge in [0, 0.05) is 28.7 Å². The standard InChI is InChI=1S/C18H15FN6O3/c1-9(18(27)28)24-14(26)7-25-3-2-11-15(22-8-23-17(11)25)13-6-21-16-12(13)4-10(19)5-20-16/h2-6,8-9H,7H2,1H3,(H,20,21)(H,24,26)(H,27,28)/t9-/m0/s1. The average molecular weight is 382 g/mol. The zero-order valence-electron chi connectivity index (χ0n) is 14.7. The molecule has 4 aromatic rings. The number of hydrogen-bond acceptors (Lipinski definition) is 5. The number of carbonyl (C=O) groups excluding carboxylic acids is 1. The lowest BCUT2D eigenvalue weighted by molar-refractivity contribution is -0.141. The molecular weight excluding hydrogens is 367 g/mol. The first-order chi connectivity index (χ1) is 13.4. The first-order valence-electron chi connectivity index (χ1n) is 8.39. The van der Waals surface area contributed by atoms with Crippen LogP contribution >= 0.6 is 0 Å². The normalized spacial score (nSPS) is 12.4. The highest BCUT2D eigenvalue weighted by Gasteiger charge is 2.18. The number of halogens is 1. The van der Waals surface area contributed by atoms with Gasteiger partial charge in [-0.2, -0.15) is 0 Å². The smallest absolute Gasteiger partial charge is 0.325 e. The molecule has 0 aliphatic heterocycles. The maximum atomic E-state index is 13.6. The van der Waals surface area contributed by atoms with E-state index in [-0.39, 0.29) is 6.54 Å². The van der Waals surface area contributed by atoms with Crippen molar-refractivity contribution in [3.05, 3.63) is 42.9 Å². The van der Waals surface area contributed by atoms with Crippen molar-refractivity contribution in [2.45, 2.75) is 19.5 Å². The number of aromatic amines is 1. The van der Waals surface area contributed by atoms with Crippen LogP contribution in [0.5, 0.6) is 0 Å². The van der Waals surface area contributed by atoms with Crippen molar-refractivity contribution in [2.75, 3.05) is 0 Å². The van der Waals surface area contributed by atoms with Gasteiger partial charge in [-0.25, -0.2) is 19.3 Å². The molecule has 10 heteroatoms.